The lowest BCUT2D eigenvalue weighted by Gasteiger charge is -2.07. The van der Waals surface area contributed by atoms with Gasteiger partial charge in [0.25, 0.3) is 0 Å². The van der Waals surface area contributed by atoms with Gasteiger partial charge in [-0.3, -0.25) is 0 Å². The first kappa shape index (κ1) is 16.9. The number of anilines is 1. The molecule has 0 atom stereocenters. The Morgan fingerprint density at radius 1 is 0.778 bits per heavy atom. The van der Waals surface area contributed by atoms with Gasteiger partial charge in [0.1, 0.15) is 23.9 Å². The zero-order chi connectivity index (χ0) is 18.5. The van der Waals surface area contributed by atoms with Gasteiger partial charge in [0, 0.05) is 0 Å². The van der Waals surface area contributed by atoms with Crippen molar-refractivity contribution in [3.63, 3.8) is 0 Å². The van der Waals surface area contributed by atoms with Crippen molar-refractivity contribution >= 4 is 5.82 Å². The molecule has 4 heteroatoms. The monoisotopic (exact) mass is 355 g/mol. The van der Waals surface area contributed by atoms with Crippen LogP contribution in [0.15, 0.2) is 91.0 Å². The molecular weight excluding hydrogens is 334 g/mol. The van der Waals surface area contributed by atoms with Crippen molar-refractivity contribution in [2.24, 2.45) is 0 Å². The second-order valence-corrected chi connectivity index (χ2v) is 6.32. The molecule has 27 heavy (non-hydrogen) atoms. The van der Waals surface area contributed by atoms with Gasteiger partial charge in [-0.05, 0) is 23.3 Å². The molecule has 0 saturated heterocycles. The molecule has 0 fully saturated rings. The molecule has 0 aliphatic carbocycles. The molecule has 4 nitrogen and oxygen atoms in total. The number of hydrogen-bond donors (Lipinski definition) is 1. The van der Waals surface area contributed by atoms with Crippen molar-refractivity contribution in [1.82, 2.24) is 9.78 Å². The molecule has 0 spiro atoms. The fourth-order valence-corrected chi connectivity index (χ4v) is 3.09. The predicted octanol–water partition coefficient (Wildman–Crippen LogP) is 4.76. The van der Waals surface area contributed by atoms with Gasteiger partial charge >= 0.3 is 0 Å². The number of ether oxygens (including phenoxy) is 1. The summed E-state index contributed by atoms with van der Waals surface area (Å²) in [5.41, 5.74) is 10.5. The van der Waals surface area contributed by atoms with Crippen LogP contribution >= 0.6 is 0 Å². The van der Waals surface area contributed by atoms with Gasteiger partial charge in [-0.2, -0.15) is 5.10 Å². The molecule has 1 heterocycles. The van der Waals surface area contributed by atoms with E-state index in [0.29, 0.717) is 19.0 Å². The van der Waals surface area contributed by atoms with E-state index in [1.807, 2.05) is 83.5 Å². The summed E-state index contributed by atoms with van der Waals surface area (Å²) in [6, 6.07) is 30.0. The highest BCUT2D eigenvalue weighted by Crippen LogP contribution is 2.31. The number of nitrogens with two attached hydrogens (primary N) is 1. The van der Waals surface area contributed by atoms with Crippen LogP contribution in [-0.4, -0.2) is 9.78 Å². The standard InChI is InChI=1S/C23H21N3O/c24-23-22(19-12-6-2-7-13-19)21(17-27-20-14-8-3-9-15-20)25-26(23)16-18-10-4-1-5-11-18/h1-15H,16-17,24H2. The number of nitrogens with zero attached hydrogens (tertiary/aromatic N) is 2. The first-order valence-corrected chi connectivity index (χ1v) is 8.93. The molecular formula is C23H21N3O. The zero-order valence-corrected chi connectivity index (χ0v) is 15.0. The molecule has 0 radical (unpaired) electrons. The van der Waals surface area contributed by atoms with Crippen LogP contribution in [0.25, 0.3) is 11.1 Å². The summed E-state index contributed by atoms with van der Waals surface area (Å²) in [5.74, 6) is 1.46. The van der Waals surface area contributed by atoms with Crippen molar-refractivity contribution in [3.8, 4) is 16.9 Å². The minimum absolute atomic E-state index is 0.361. The predicted molar refractivity (Wildman–Crippen MR) is 108 cm³/mol. The van der Waals surface area contributed by atoms with E-state index in [0.717, 1.165) is 28.1 Å². The Hall–Kier alpha value is -3.53. The van der Waals surface area contributed by atoms with Crippen LogP contribution in [0, 0.1) is 0 Å². The fraction of sp³-hybridized carbons (Fsp3) is 0.0870. The molecule has 1 aromatic heterocycles. The molecule has 0 amide bonds. The Bertz CT molecular complexity index is 996. The van der Waals surface area contributed by atoms with E-state index in [-0.39, 0.29) is 0 Å². The highest BCUT2D eigenvalue weighted by atomic mass is 16.5. The Kier molecular flexibility index (Phi) is 4.88. The van der Waals surface area contributed by atoms with E-state index >= 15 is 0 Å². The van der Waals surface area contributed by atoms with E-state index < -0.39 is 0 Å². The Balaban J connectivity index is 1.68. The third-order valence-electron chi connectivity index (χ3n) is 4.42. The van der Waals surface area contributed by atoms with Crippen LogP contribution in [0.5, 0.6) is 5.75 Å². The maximum absolute atomic E-state index is 6.50. The van der Waals surface area contributed by atoms with Crippen LogP contribution in [0.4, 0.5) is 5.82 Å². The SMILES string of the molecule is Nc1c(-c2ccccc2)c(COc2ccccc2)nn1Cc1ccccc1. The van der Waals surface area contributed by atoms with Crippen molar-refractivity contribution < 1.29 is 4.74 Å². The normalized spacial score (nSPS) is 10.7. The second kappa shape index (κ2) is 7.79. The molecule has 4 aromatic rings. The quantitative estimate of drug-likeness (QED) is 0.542. The van der Waals surface area contributed by atoms with Gasteiger partial charge in [-0.15, -0.1) is 0 Å². The summed E-state index contributed by atoms with van der Waals surface area (Å²) < 4.78 is 7.79. The zero-order valence-electron chi connectivity index (χ0n) is 15.0. The summed E-state index contributed by atoms with van der Waals surface area (Å²) >= 11 is 0. The molecule has 0 aliphatic heterocycles. The summed E-state index contributed by atoms with van der Waals surface area (Å²) in [6.45, 7) is 0.984. The van der Waals surface area contributed by atoms with E-state index in [1.165, 1.54) is 0 Å². The number of rotatable bonds is 6. The third kappa shape index (κ3) is 3.85. The molecule has 0 saturated carbocycles. The summed E-state index contributed by atoms with van der Waals surface area (Å²) in [4.78, 5) is 0. The average Bonchev–Trinajstić information content (AvgIpc) is 3.04. The molecule has 0 aliphatic rings. The number of benzene rings is 3. The average molecular weight is 355 g/mol. The van der Waals surface area contributed by atoms with E-state index in [1.54, 1.807) is 0 Å². The van der Waals surface area contributed by atoms with Gasteiger partial charge in [0.15, 0.2) is 0 Å². The molecule has 2 N–H and O–H groups in total. The highest BCUT2D eigenvalue weighted by Gasteiger charge is 2.18. The van der Waals surface area contributed by atoms with Crippen LogP contribution in [0.2, 0.25) is 0 Å². The van der Waals surface area contributed by atoms with E-state index in [2.05, 4.69) is 12.1 Å². The van der Waals surface area contributed by atoms with Crippen LogP contribution in [-0.2, 0) is 13.2 Å². The number of nitrogen functional groups attached to an aromatic ring is 1. The minimum Gasteiger partial charge on any atom is -0.487 e. The lowest BCUT2D eigenvalue weighted by Crippen LogP contribution is -2.06. The van der Waals surface area contributed by atoms with Gasteiger partial charge in [0.2, 0.25) is 0 Å². The lowest BCUT2D eigenvalue weighted by atomic mass is 10.1. The van der Waals surface area contributed by atoms with Crippen molar-refractivity contribution in [3.05, 3.63) is 102 Å². The Morgan fingerprint density at radius 2 is 1.37 bits per heavy atom. The molecule has 0 bridgehead atoms. The Labute approximate surface area is 158 Å². The van der Waals surface area contributed by atoms with Crippen LogP contribution in [0.3, 0.4) is 0 Å². The van der Waals surface area contributed by atoms with Gasteiger partial charge in [0.05, 0.1) is 12.1 Å². The maximum Gasteiger partial charge on any atom is 0.133 e. The summed E-state index contributed by atoms with van der Waals surface area (Å²) in [5, 5.41) is 4.76. The largest absolute Gasteiger partial charge is 0.487 e. The third-order valence-corrected chi connectivity index (χ3v) is 4.42. The highest BCUT2D eigenvalue weighted by molar-refractivity contribution is 5.76. The minimum atomic E-state index is 0.361. The van der Waals surface area contributed by atoms with E-state index in [4.69, 9.17) is 15.6 Å². The number of hydrogen-bond acceptors (Lipinski definition) is 3. The molecule has 3 aromatic carbocycles. The molecule has 134 valence electrons. The van der Waals surface area contributed by atoms with E-state index in [9.17, 15) is 0 Å². The van der Waals surface area contributed by atoms with Crippen LogP contribution < -0.4 is 10.5 Å². The lowest BCUT2D eigenvalue weighted by molar-refractivity contribution is 0.300. The molecule has 0 unspecified atom stereocenters. The first-order valence-electron chi connectivity index (χ1n) is 8.93. The maximum atomic E-state index is 6.50. The second-order valence-electron chi connectivity index (χ2n) is 6.32. The first-order chi connectivity index (χ1) is 13.3. The Morgan fingerprint density at radius 3 is 2.04 bits per heavy atom. The van der Waals surface area contributed by atoms with Crippen molar-refractivity contribution in [2.45, 2.75) is 13.2 Å². The number of para-hydroxylation sites is 1. The fourth-order valence-electron chi connectivity index (χ4n) is 3.09. The van der Waals surface area contributed by atoms with Gasteiger partial charge in [-0.25, -0.2) is 4.68 Å². The number of aromatic nitrogens is 2. The summed E-state index contributed by atoms with van der Waals surface area (Å²) in [6.07, 6.45) is 0. The van der Waals surface area contributed by atoms with Gasteiger partial charge in [-0.1, -0.05) is 78.9 Å². The smallest absolute Gasteiger partial charge is 0.133 e. The topological polar surface area (TPSA) is 53.1 Å². The van der Waals surface area contributed by atoms with Crippen LogP contribution in [0.1, 0.15) is 11.3 Å². The molecule has 4 rings (SSSR count). The van der Waals surface area contributed by atoms with Crippen molar-refractivity contribution in [1.29, 1.82) is 0 Å². The van der Waals surface area contributed by atoms with Gasteiger partial charge < -0.3 is 10.5 Å². The summed E-state index contributed by atoms with van der Waals surface area (Å²) in [7, 11) is 0. The van der Waals surface area contributed by atoms with Crippen molar-refractivity contribution in [2.75, 3.05) is 5.73 Å².